The second-order valence-corrected chi connectivity index (χ2v) is 9.70. The zero-order valence-electron chi connectivity index (χ0n) is 21.2. The number of anilines is 2. The molecule has 3 aromatic carbocycles. The van der Waals surface area contributed by atoms with Gasteiger partial charge >= 0.3 is 0 Å². The molecular formula is C28H26FN5O4S. The number of hydrogen-bond acceptors (Lipinski definition) is 8. The first kappa shape index (κ1) is 26.2. The highest BCUT2D eigenvalue weighted by Crippen LogP contribution is 2.26. The monoisotopic (exact) mass is 547 g/mol. The molecule has 0 bridgehead atoms. The predicted molar refractivity (Wildman–Crippen MR) is 147 cm³/mol. The number of piperazine rings is 1. The Morgan fingerprint density at radius 1 is 1.00 bits per heavy atom. The van der Waals surface area contributed by atoms with Crippen LogP contribution in [0, 0.1) is 5.82 Å². The van der Waals surface area contributed by atoms with Crippen LogP contribution in [0.1, 0.15) is 10.4 Å². The summed E-state index contributed by atoms with van der Waals surface area (Å²) < 4.78 is 24.0. The SMILES string of the molecule is COc1cccc(-c2nnc(SCC(=O)Nc3ccc(N4CCN(C(=O)c5ccc(F)cc5)CC4)cc3)o2)c1. The number of halogens is 1. The van der Waals surface area contributed by atoms with Gasteiger partial charge in [0, 0.05) is 48.7 Å². The fraction of sp³-hybridized carbons (Fsp3) is 0.214. The lowest BCUT2D eigenvalue weighted by atomic mass is 10.1. The minimum absolute atomic E-state index is 0.0948. The van der Waals surface area contributed by atoms with Crippen LogP contribution in [0.2, 0.25) is 0 Å². The Bertz CT molecular complexity index is 1440. The maximum atomic E-state index is 13.1. The summed E-state index contributed by atoms with van der Waals surface area (Å²) in [6, 6.07) is 20.5. The number of ether oxygens (including phenoxy) is 1. The molecule has 4 aromatic rings. The molecule has 5 rings (SSSR count). The van der Waals surface area contributed by atoms with E-state index in [9.17, 15) is 14.0 Å². The second-order valence-electron chi connectivity index (χ2n) is 8.77. The number of methoxy groups -OCH3 is 1. The number of benzene rings is 3. The van der Waals surface area contributed by atoms with Crippen molar-refractivity contribution in [3.63, 3.8) is 0 Å². The van der Waals surface area contributed by atoms with Crippen LogP contribution >= 0.6 is 11.8 Å². The number of nitrogens with zero attached hydrogens (tertiary/aromatic N) is 4. The first-order valence-electron chi connectivity index (χ1n) is 12.3. The van der Waals surface area contributed by atoms with Gasteiger partial charge < -0.3 is 24.3 Å². The van der Waals surface area contributed by atoms with E-state index in [2.05, 4.69) is 20.4 Å². The summed E-state index contributed by atoms with van der Waals surface area (Å²) in [5.41, 5.74) is 2.91. The lowest BCUT2D eigenvalue weighted by Gasteiger charge is -2.36. The van der Waals surface area contributed by atoms with Crippen LogP contribution in [0.3, 0.4) is 0 Å². The summed E-state index contributed by atoms with van der Waals surface area (Å²) >= 11 is 1.16. The molecule has 200 valence electrons. The number of nitrogens with one attached hydrogen (secondary N) is 1. The van der Waals surface area contributed by atoms with Gasteiger partial charge in [-0.25, -0.2) is 4.39 Å². The van der Waals surface area contributed by atoms with Crippen LogP contribution in [-0.2, 0) is 4.79 Å². The van der Waals surface area contributed by atoms with Crippen molar-refractivity contribution in [1.29, 1.82) is 0 Å². The Hall–Kier alpha value is -4.38. The van der Waals surface area contributed by atoms with E-state index in [1.165, 1.54) is 24.3 Å². The van der Waals surface area contributed by atoms with E-state index in [-0.39, 0.29) is 23.4 Å². The molecule has 0 saturated carbocycles. The zero-order valence-corrected chi connectivity index (χ0v) is 22.0. The van der Waals surface area contributed by atoms with E-state index in [1.54, 1.807) is 18.1 Å². The van der Waals surface area contributed by atoms with Crippen molar-refractivity contribution in [2.75, 3.05) is 49.3 Å². The van der Waals surface area contributed by atoms with Crippen molar-refractivity contribution >= 4 is 35.0 Å². The molecule has 1 aliphatic rings. The Balaban J connectivity index is 1.08. The molecule has 2 amide bonds. The molecule has 0 atom stereocenters. The van der Waals surface area contributed by atoms with Crippen molar-refractivity contribution < 1.29 is 23.1 Å². The van der Waals surface area contributed by atoms with Crippen molar-refractivity contribution in [3.05, 3.63) is 84.2 Å². The normalized spacial score (nSPS) is 13.3. The lowest BCUT2D eigenvalue weighted by Crippen LogP contribution is -2.48. The van der Waals surface area contributed by atoms with Gasteiger partial charge in [-0.2, -0.15) is 0 Å². The van der Waals surface area contributed by atoms with Crippen molar-refractivity contribution in [2.24, 2.45) is 0 Å². The molecule has 1 N–H and O–H groups in total. The minimum atomic E-state index is -0.360. The maximum absolute atomic E-state index is 13.1. The summed E-state index contributed by atoms with van der Waals surface area (Å²) in [4.78, 5) is 29.1. The molecule has 1 saturated heterocycles. The highest BCUT2D eigenvalue weighted by Gasteiger charge is 2.22. The largest absolute Gasteiger partial charge is 0.497 e. The van der Waals surface area contributed by atoms with Gasteiger partial charge in [0.2, 0.25) is 11.8 Å². The molecule has 0 spiro atoms. The first-order valence-corrected chi connectivity index (χ1v) is 13.3. The van der Waals surface area contributed by atoms with Gasteiger partial charge in [-0.3, -0.25) is 9.59 Å². The topological polar surface area (TPSA) is 101 Å². The van der Waals surface area contributed by atoms with E-state index in [1.807, 2.05) is 42.5 Å². The van der Waals surface area contributed by atoms with Gasteiger partial charge in [-0.15, -0.1) is 10.2 Å². The van der Waals surface area contributed by atoms with Crippen LogP contribution in [0.15, 0.2) is 82.4 Å². The fourth-order valence-electron chi connectivity index (χ4n) is 4.16. The van der Waals surface area contributed by atoms with Gasteiger partial charge in [0.05, 0.1) is 12.9 Å². The number of rotatable bonds is 8. The Labute approximate surface area is 229 Å². The quantitative estimate of drug-likeness (QED) is 0.320. The molecule has 2 heterocycles. The average Bonchev–Trinajstić information content (AvgIpc) is 3.46. The number of carbonyl (C=O) groups is 2. The number of carbonyl (C=O) groups excluding carboxylic acids is 2. The van der Waals surface area contributed by atoms with Crippen LogP contribution in [0.4, 0.5) is 15.8 Å². The molecule has 11 heteroatoms. The minimum Gasteiger partial charge on any atom is -0.497 e. The van der Waals surface area contributed by atoms with E-state index < -0.39 is 0 Å². The van der Waals surface area contributed by atoms with E-state index in [0.29, 0.717) is 54.3 Å². The Morgan fingerprint density at radius 2 is 1.74 bits per heavy atom. The highest BCUT2D eigenvalue weighted by molar-refractivity contribution is 7.99. The lowest BCUT2D eigenvalue weighted by molar-refractivity contribution is -0.113. The highest BCUT2D eigenvalue weighted by atomic mass is 32.2. The molecule has 1 aliphatic heterocycles. The third kappa shape index (κ3) is 6.55. The van der Waals surface area contributed by atoms with Gasteiger partial charge in [-0.05, 0) is 66.7 Å². The molecule has 0 aliphatic carbocycles. The van der Waals surface area contributed by atoms with Crippen LogP contribution in [0.25, 0.3) is 11.5 Å². The van der Waals surface area contributed by atoms with E-state index in [0.717, 1.165) is 23.0 Å². The Kier molecular flexibility index (Phi) is 8.07. The summed E-state index contributed by atoms with van der Waals surface area (Å²) in [6.45, 7) is 2.50. The summed E-state index contributed by atoms with van der Waals surface area (Å²) in [5.74, 6) is 0.508. The van der Waals surface area contributed by atoms with Crippen molar-refractivity contribution in [1.82, 2.24) is 15.1 Å². The van der Waals surface area contributed by atoms with Crippen molar-refractivity contribution in [3.8, 4) is 17.2 Å². The first-order chi connectivity index (χ1) is 19.0. The van der Waals surface area contributed by atoms with E-state index in [4.69, 9.17) is 9.15 Å². The van der Waals surface area contributed by atoms with Crippen molar-refractivity contribution in [2.45, 2.75) is 5.22 Å². The average molecular weight is 548 g/mol. The maximum Gasteiger partial charge on any atom is 0.277 e. The Morgan fingerprint density at radius 3 is 2.46 bits per heavy atom. The molecule has 9 nitrogen and oxygen atoms in total. The predicted octanol–water partition coefficient (Wildman–Crippen LogP) is 4.58. The van der Waals surface area contributed by atoms with Crippen LogP contribution < -0.4 is 15.0 Å². The van der Waals surface area contributed by atoms with Crippen LogP contribution in [-0.4, -0.2) is 66.0 Å². The summed E-state index contributed by atoms with van der Waals surface area (Å²) in [5, 5.41) is 11.2. The molecule has 1 fully saturated rings. The number of amides is 2. The fourth-order valence-corrected chi connectivity index (χ4v) is 4.73. The van der Waals surface area contributed by atoms with Gasteiger partial charge in [0.15, 0.2) is 0 Å². The van der Waals surface area contributed by atoms with E-state index >= 15 is 0 Å². The van der Waals surface area contributed by atoms with Gasteiger partial charge in [-0.1, -0.05) is 17.8 Å². The summed E-state index contributed by atoms with van der Waals surface area (Å²) in [6.07, 6.45) is 0. The number of thioether (sulfide) groups is 1. The third-order valence-electron chi connectivity index (χ3n) is 6.22. The zero-order chi connectivity index (χ0) is 27.2. The molecule has 1 aromatic heterocycles. The molecule has 39 heavy (non-hydrogen) atoms. The second kappa shape index (κ2) is 12.0. The smallest absolute Gasteiger partial charge is 0.277 e. The molecule has 0 unspecified atom stereocenters. The molecule has 0 radical (unpaired) electrons. The molecular weight excluding hydrogens is 521 g/mol. The van der Waals surface area contributed by atoms with Crippen LogP contribution in [0.5, 0.6) is 5.75 Å². The number of hydrogen-bond donors (Lipinski definition) is 1. The standard InChI is InChI=1S/C28H26FN5O4S/c1-37-24-4-2-3-20(17-24)26-31-32-28(38-26)39-18-25(35)30-22-9-11-23(12-10-22)33-13-15-34(16-14-33)27(36)19-5-7-21(29)8-6-19/h2-12,17H,13-16,18H2,1H3,(H,30,35). The van der Waals surface area contributed by atoms with Gasteiger partial charge in [0.1, 0.15) is 11.6 Å². The third-order valence-corrected chi connectivity index (χ3v) is 7.04. The van der Waals surface area contributed by atoms with Gasteiger partial charge in [0.25, 0.3) is 11.1 Å². The number of aromatic nitrogens is 2. The summed E-state index contributed by atoms with van der Waals surface area (Å²) in [7, 11) is 1.59.